The Kier molecular flexibility index (Phi) is 15.1. The third kappa shape index (κ3) is 11.2. The molecule has 1 atom stereocenters. The molecule has 1 aromatic heterocycles. The van der Waals surface area contributed by atoms with Crippen LogP contribution in [0.5, 0.6) is 17.2 Å². The Morgan fingerprint density at radius 1 is 0.864 bits per heavy atom. The van der Waals surface area contributed by atoms with Gasteiger partial charge in [0.2, 0.25) is 0 Å². The molecule has 15 heteroatoms. The van der Waals surface area contributed by atoms with E-state index < -0.39 is 28.0 Å². The van der Waals surface area contributed by atoms with Gasteiger partial charge in [0.25, 0.3) is 0 Å². The summed E-state index contributed by atoms with van der Waals surface area (Å²) in [6.45, 7) is 5.97. The van der Waals surface area contributed by atoms with E-state index in [1.54, 1.807) is 36.5 Å². The monoisotopic (exact) mass is 842 g/mol. The Morgan fingerprint density at radius 3 is 2.27 bits per heavy atom. The number of halogens is 1. The van der Waals surface area contributed by atoms with Crippen LogP contribution < -0.4 is 24.8 Å². The number of aromatic nitrogens is 1. The minimum absolute atomic E-state index is 0.00743. The maximum Gasteiger partial charge on any atom is 0.326 e. The Hall–Kier alpha value is -5.53. The molecule has 0 unspecified atom stereocenters. The first-order valence-corrected chi connectivity index (χ1v) is 20.9. The van der Waals surface area contributed by atoms with Gasteiger partial charge in [0.15, 0.2) is 9.84 Å². The van der Waals surface area contributed by atoms with Gasteiger partial charge in [0.1, 0.15) is 53.6 Å². The van der Waals surface area contributed by atoms with Gasteiger partial charge in [0, 0.05) is 55.5 Å². The van der Waals surface area contributed by atoms with E-state index in [4.69, 9.17) is 30.9 Å². The summed E-state index contributed by atoms with van der Waals surface area (Å²) in [5.41, 5.74) is 6.17. The van der Waals surface area contributed by atoms with Crippen molar-refractivity contribution >= 4 is 27.4 Å². The van der Waals surface area contributed by atoms with Crippen LogP contribution >= 0.6 is 11.6 Å². The van der Waals surface area contributed by atoms with Crippen LogP contribution in [0.4, 0.5) is 0 Å². The van der Waals surface area contributed by atoms with E-state index in [0.717, 1.165) is 45.2 Å². The molecule has 5 N–H and O–H groups in total. The molecule has 13 nitrogen and oxygen atoms in total. The summed E-state index contributed by atoms with van der Waals surface area (Å²) >= 11 is 6.75. The molecule has 0 saturated carbocycles. The number of aliphatic hydroxyl groups is 2. The highest BCUT2D eigenvalue weighted by atomic mass is 35.5. The highest BCUT2D eigenvalue weighted by molar-refractivity contribution is 7.90. The topological polar surface area (TPSA) is 200 Å². The zero-order valence-electron chi connectivity index (χ0n) is 33.2. The Bertz CT molecular complexity index is 2460. The van der Waals surface area contributed by atoms with Crippen LogP contribution in [-0.4, -0.2) is 79.4 Å². The number of carboxylic acids is 1. The predicted molar refractivity (Wildman–Crippen MR) is 224 cm³/mol. The Labute approximate surface area is 349 Å². The minimum Gasteiger partial charge on any atom is -0.491 e. The predicted octanol–water partition coefficient (Wildman–Crippen LogP) is 6.00. The average molecular weight is 843 g/mol. The fraction of sp³-hybridized carbons (Fsp3) is 0.295. The van der Waals surface area contributed by atoms with Gasteiger partial charge in [-0.1, -0.05) is 54.1 Å². The van der Waals surface area contributed by atoms with Gasteiger partial charge in [-0.05, 0) is 84.0 Å². The number of nitriles is 1. The van der Waals surface area contributed by atoms with Crippen molar-refractivity contribution in [2.45, 2.75) is 51.0 Å². The summed E-state index contributed by atoms with van der Waals surface area (Å²) in [7, 11) is -3.63. The van der Waals surface area contributed by atoms with E-state index in [1.165, 1.54) is 13.1 Å². The van der Waals surface area contributed by atoms with Gasteiger partial charge in [-0.2, -0.15) is 5.26 Å². The van der Waals surface area contributed by atoms with Crippen LogP contribution in [0.2, 0.25) is 5.02 Å². The van der Waals surface area contributed by atoms with Crippen molar-refractivity contribution in [2.75, 3.05) is 39.2 Å². The van der Waals surface area contributed by atoms with Crippen molar-refractivity contribution in [1.82, 2.24) is 15.6 Å². The normalized spacial score (nSPS) is 12.4. The standard InChI is InChI=1S/C44H47ClN4O9S/c1-28-33(26-58-41-20-40(57-25-31-17-30(21-46)22-48-23-31)34(18-38(41)45)24-49-44(3,27-51)43(52)53)7-5-9-36(28)37-10-6-8-35(29(37)2)32-11-12-39(42(19-32)59(4,54)55)56-16-14-47-13-15-50/h5-12,17-20,22-23,47,49-51H,13-16,24-27H2,1-4H3,(H,52,53)/t44-/m1/s1. The molecule has 0 radical (unpaired) electrons. The highest BCUT2D eigenvalue weighted by Crippen LogP contribution is 2.38. The number of aliphatic carboxylic acids is 1. The van der Waals surface area contributed by atoms with E-state index in [1.807, 2.05) is 56.3 Å². The molecule has 5 rings (SSSR count). The minimum atomic E-state index is -3.63. The number of carboxylic acid groups (broad SMARTS) is 1. The van der Waals surface area contributed by atoms with Gasteiger partial charge in [-0.15, -0.1) is 0 Å². The number of nitrogens with one attached hydrogen (secondary N) is 2. The molecular formula is C44H47ClN4O9S. The lowest BCUT2D eigenvalue weighted by molar-refractivity contribution is -0.145. The zero-order valence-corrected chi connectivity index (χ0v) is 34.8. The number of pyridine rings is 1. The van der Waals surface area contributed by atoms with Crippen LogP contribution in [0.25, 0.3) is 22.3 Å². The maximum atomic E-state index is 12.9. The molecular weight excluding hydrogens is 796 g/mol. The second-order valence-electron chi connectivity index (χ2n) is 14.1. The number of nitrogens with zero attached hydrogens (tertiary/aromatic N) is 2. The van der Waals surface area contributed by atoms with Crippen LogP contribution in [0.3, 0.4) is 0 Å². The number of ether oxygens (including phenoxy) is 3. The van der Waals surface area contributed by atoms with Crippen molar-refractivity contribution < 1.29 is 42.7 Å². The summed E-state index contributed by atoms with van der Waals surface area (Å²) in [6.07, 6.45) is 4.17. The summed E-state index contributed by atoms with van der Waals surface area (Å²) in [4.78, 5) is 16.0. The Balaban J connectivity index is 1.41. The quantitative estimate of drug-likeness (QED) is 0.0572. The molecule has 1 heterocycles. The largest absolute Gasteiger partial charge is 0.491 e. The average Bonchev–Trinajstić information content (AvgIpc) is 3.22. The van der Waals surface area contributed by atoms with Gasteiger partial charge in [0.05, 0.1) is 23.8 Å². The van der Waals surface area contributed by atoms with Crippen LogP contribution in [0, 0.1) is 25.2 Å². The van der Waals surface area contributed by atoms with Gasteiger partial charge in [-0.25, -0.2) is 8.42 Å². The van der Waals surface area contributed by atoms with E-state index in [2.05, 4.69) is 21.7 Å². The van der Waals surface area contributed by atoms with Crippen LogP contribution in [0.1, 0.15) is 40.3 Å². The van der Waals surface area contributed by atoms with Crippen molar-refractivity contribution in [3.8, 4) is 45.6 Å². The lowest BCUT2D eigenvalue weighted by atomic mass is 9.89. The number of aliphatic hydroxyl groups excluding tert-OH is 2. The van der Waals surface area contributed by atoms with Gasteiger partial charge >= 0.3 is 5.97 Å². The van der Waals surface area contributed by atoms with Gasteiger partial charge < -0.3 is 34.8 Å². The first-order chi connectivity index (χ1) is 28.2. The number of benzene rings is 4. The van der Waals surface area contributed by atoms with Gasteiger partial charge in [-0.3, -0.25) is 15.1 Å². The van der Waals surface area contributed by atoms with Crippen molar-refractivity contribution in [3.05, 3.63) is 124 Å². The van der Waals surface area contributed by atoms with E-state index in [0.29, 0.717) is 41.3 Å². The maximum absolute atomic E-state index is 12.9. The molecule has 0 amide bonds. The zero-order chi connectivity index (χ0) is 42.7. The van der Waals surface area contributed by atoms with Crippen molar-refractivity contribution in [2.24, 2.45) is 0 Å². The molecule has 0 bridgehead atoms. The molecule has 310 valence electrons. The number of hydrogen-bond acceptors (Lipinski definition) is 12. The number of carbonyl (C=O) groups is 1. The third-order valence-electron chi connectivity index (χ3n) is 9.82. The number of rotatable bonds is 20. The fourth-order valence-corrected chi connectivity index (χ4v) is 7.36. The summed E-state index contributed by atoms with van der Waals surface area (Å²) in [5, 5.41) is 43.9. The van der Waals surface area contributed by atoms with E-state index in [-0.39, 0.29) is 48.6 Å². The second-order valence-corrected chi connectivity index (χ2v) is 16.5. The third-order valence-corrected chi connectivity index (χ3v) is 11.2. The molecule has 0 aliphatic heterocycles. The lowest BCUT2D eigenvalue weighted by Crippen LogP contribution is -2.52. The molecule has 0 saturated heterocycles. The van der Waals surface area contributed by atoms with E-state index in [9.17, 15) is 28.7 Å². The first kappa shape index (κ1) is 44.6. The Morgan fingerprint density at radius 2 is 1.58 bits per heavy atom. The number of sulfone groups is 1. The van der Waals surface area contributed by atoms with Crippen LogP contribution in [-0.2, 0) is 34.4 Å². The van der Waals surface area contributed by atoms with E-state index >= 15 is 0 Å². The summed E-state index contributed by atoms with van der Waals surface area (Å²) < 4.78 is 44.0. The number of hydrogen-bond donors (Lipinski definition) is 5. The smallest absolute Gasteiger partial charge is 0.326 e. The van der Waals surface area contributed by atoms with Crippen LogP contribution in [0.15, 0.2) is 90.1 Å². The van der Waals surface area contributed by atoms with Crippen molar-refractivity contribution in [3.63, 3.8) is 0 Å². The SMILES string of the molecule is Cc1c(COc2cc(OCc3cncc(C#N)c3)c(CN[C@](C)(CO)C(=O)O)cc2Cl)cccc1-c1cccc(-c2ccc(OCCNCCO)c(S(C)(=O)=O)c2)c1C. The molecule has 59 heavy (non-hydrogen) atoms. The van der Waals surface area contributed by atoms with Crippen molar-refractivity contribution in [1.29, 1.82) is 5.26 Å². The fourth-order valence-electron chi connectivity index (χ4n) is 6.29. The first-order valence-electron chi connectivity index (χ1n) is 18.7. The summed E-state index contributed by atoms with van der Waals surface area (Å²) in [5.74, 6) is -0.309. The molecule has 0 fully saturated rings. The molecule has 4 aromatic carbocycles. The molecule has 0 spiro atoms. The lowest BCUT2D eigenvalue weighted by Gasteiger charge is -2.25. The molecule has 0 aliphatic rings. The molecule has 5 aromatic rings. The second kappa shape index (κ2) is 20.0. The highest BCUT2D eigenvalue weighted by Gasteiger charge is 2.32. The summed E-state index contributed by atoms with van der Waals surface area (Å²) in [6, 6.07) is 23.9. The molecule has 0 aliphatic carbocycles.